The van der Waals surface area contributed by atoms with Crippen LogP contribution in [0.15, 0.2) is 49.3 Å². The molecule has 0 aliphatic rings. The fourth-order valence-electron chi connectivity index (χ4n) is 1.87. The largest absolute Gasteiger partial charge is 0.393 e. The summed E-state index contributed by atoms with van der Waals surface area (Å²) < 4.78 is 14.5. The molecule has 0 atom stereocenters. The van der Waals surface area contributed by atoms with Crippen LogP contribution in [0.2, 0.25) is 0 Å². The lowest BCUT2D eigenvalue weighted by Gasteiger charge is -2.12. The van der Waals surface area contributed by atoms with Crippen molar-refractivity contribution < 1.29 is 9.18 Å². The summed E-state index contributed by atoms with van der Waals surface area (Å²) in [5.41, 5.74) is 11.6. The molecule has 2 aromatic heterocycles. The van der Waals surface area contributed by atoms with Crippen LogP contribution in [0.1, 0.15) is 10.4 Å². The summed E-state index contributed by atoms with van der Waals surface area (Å²) in [6, 6.07) is 5.13. The van der Waals surface area contributed by atoms with E-state index in [1.165, 1.54) is 30.6 Å². The predicted octanol–water partition coefficient (Wildman–Crippen LogP) is 1.14. The predicted molar refractivity (Wildman–Crippen MR) is 81.1 cm³/mol. The fourth-order valence-corrected chi connectivity index (χ4v) is 1.87. The van der Waals surface area contributed by atoms with Crippen molar-refractivity contribution >= 4 is 17.4 Å². The molecule has 0 saturated heterocycles. The van der Waals surface area contributed by atoms with E-state index in [-0.39, 0.29) is 11.5 Å². The number of carbonyl (C=O) groups excluding carboxylic acids is 1. The summed E-state index contributed by atoms with van der Waals surface area (Å²) in [5, 5.41) is 0. The van der Waals surface area contributed by atoms with Crippen molar-refractivity contribution in [2.75, 3.05) is 11.2 Å². The van der Waals surface area contributed by atoms with Crippen LogP contribution in [-0.4, -0.2) is 25.4 Å². The minimum atomic E-state index is -0.452. The smallest absolute Gasteiger partial charge is 0.269 e. The number of anilines is 2. The lowest BCUT2D eigenvalue weighted by molar-refractivity contribution is 0.0962. The topological polar surface area (TPSA) is 111 Å². The number of nitrogens with one attached hydrogen (secondary N) is 2. The van der Waals surface area contributed by atoms with E-state index in [4.69, 9.17) is 5.73 Å². The molecule has 4 N–H and O–H groups in total. The SMILES string of the molecule is Nc1c(NNC(=O)c2ccc(F)cc2)ncnc1-n1ccnc1. The minimum absolute atomic E-state index is 0.235. The average Bonchev–Trinajstić information content (AvgIpc) is 3.08. The molecule has 0 aliphatic heterocycles. The highest BCUT2D eigenvalue weighted by molar-refractivity contribution is 5.95. The number of carbonyl (C=O) groups is 1. The van der Waals surface area contributed by atoms with Crippen LogP contribution in [0.25, 0.3) is 5.82 Å². The minimum Gasteiger partial charge on any atom is -0.393 e. The van der Waals surface area contributed by atoms with Gasteiger partial charge < -0.3 is 5.73 Å². The third-order valence-corrected chi connectivity index (χ3v) is 3.01. The molecule has 0 radical (unpaired) electrons. The van der Waals surface area contributed by atoms with Crippen LogP contribution in [0.4, 0.5) is 15.9 Å². The van der Waals surface area contributed by atoms with Crippen molar-refractivity contribution in [2.24, 2.45) is 0 Å². The van der Waals surface area contributed by atoms with Gasteiger partial charge in [-0.1, -0.05) is 0 Å². The number of nitrogen functional groups attached to an aromatic ring is 1. The summed E-state index contributed by atoms with van der Waals surface area (Å²) in [6.45, 7) is 0. The number of aromatic nitrogens is 4. The molecule has 1 aromatic carbocycles. The van der Waals surface area contributed by atoms with Crippen molar-refractivity contribution in [3.05, 3.63) is 60.7 Å². The maximum Gasteiger partial charge on any atom is 0.269 e. The van der Waals surface area contributed by atoms with Gasteiger partial charge in [0.05, 0.1) is 0 Å². The van der Waals surface area contributed by atoms with Crippen molar-refractivity contribution in [3.8, 4) is 5.82 Å². The quantitative estimate of drug-likeness (QED) is 0.623. The van der Waals surface area contributed by atoms with Gasteiger partial charge >= 0.3 is 0 Å². The first-order valence-electron chi connectivity index (χ1n) is 6.56. The molecule has 0 fully saturated rings. The Hall–Kier alpha value is -3.49. The molecule has 3 aromatic rings. The first-order valence-corrected chi connectivity index (χ1v) is 6.56. The molecule has 0 saturated carbocycles. The summed E-state index contributed by atoms with van der Waals surface area (Å²) in [6.07, 6.45) is 6.11. The Morgan fingerprint density at radius 3 is 2.70 bits per heavy atom. The van der Waals surface area contributed by atoms with Gasteiger partial charge in [0.2, 0.25) is 0 Å². The number of hydrogen-bond donors (Lipinski definition) is 3. The fraction of sp³-hybridized carbons (Fsp3) is 0. The highest BCUT2D eigenvalue weighted by atomic mass is 19.1. The summed E-state index contributed by atoms with van der Waals surface area (Å²) in [7, 11) is 0. The maximum atomic E-state index is 12.8. The van der Waals surface area contributed by atoms with Gasteiger partial charge in [0.25, 0.3) is 5.91 Å². The van der Waals surface area contributed by atoms with Crippen molar-refractivity contribution in [1.29, 1.82) is 0 Å². The second kappa shape index (κ2) is 6.10. The van der Waals surface area contributed by atoms with Gasteiger partial charge in [0.15, 0.2) is 11.6 Å². The molecule has 1 amide bonds. The number of rotatable bonds is 4. The van der Waals surface area contributed by atoms with Gasteiger partial charge in [-0.15, -0.1) is 0 Å². The number of halogens is 1. The Morgan fingerprint density at radius 2 is 2.00 bits per heavy atom. The van der Waals surface area contributed by atoms with Gasteiger partial charge in [-0.3, -0.25) is 20.2 Å². The molecule has 8 nitrogen and oxygen atoms in total. The molecular weight excluding hydrogens is 301 g/mol. The zero-order valence-electron chi connectivity index (χ0n) is 11.8. The lowest BCUT2D eigenvalue weighted by Crippen LogP contribution is -2.30. The van der Waals surface area contributed by atoms with E-state index in [1.807, 2.05) is 0 Å². The molecule has 116 valence electrons. The number of nitrogens with two attached hydrogens (primary N) is 1. The standard InChI is InChI=1S/C14H12FN7O/c15-10-3-1-9(2-4-10)14(23)21-20-12-11(16)13(19-7-18-12)22-6-5-17-8-22/h1-8H,16H2,(H,21,23)(H,18,19,20). The molecule has 0 unspecified atom stereocenters. The molecule has 9 heteroatoms. The van der Waals surface area contributed by atoms with Crippen LogP contribution in [-0.2, 0) is 0 Å². The molecule has 0 bridgehead atoms. The van der Waals surface area contributed by atoms with E-state index < -0.39 is 11.7 Å². The normalized spacial score (nSPS) is 10.3. The average molecular weight is 313 g/mol. The Kier molecular flexibility index (Phi) is 3.83. The Morgan fingerprint density at radius 1 is 1.22 bits per heavy atom. The Balaban J connectivity index is 1.75. The van der Waals surface area contributed by atoms with Crippen LogP contribution >= 0.6 is 0 Å². The van der Waals surface area contributed by atoms with Gasteiger partial charge in [0.1, 0.15) is 24.2 Å². The van der Waals surface area contributed by atoms with E-state index >= 15 is 0 Å². The highest BCUT2D eigenvalue weighted by Crippen LogP contribution is 2.20. The van der Waals surface area contributed by atoms with Crippen LogP contribution in [0.3, 0.4) is 0 Å². The van der Waals surface area contributed by atoms with Gasteiger partial charge in [-0.2, -0.15) is 0 Å². The number of amides is 1. The number of hydrogen-bond acceptors (Lipinski definition) is 6. The molecular formula is C14H12FN7O. The second-order valence-corrected chi connectivity index (χ2v) is 4.52. The third-order valence-electron chi connectivity index (χ3n) is 3.01. The van der Waals surface area contributed by atoms with Gasteiger partial charge in [0, 0.05) is 18.0 Å². The summed E-state index contributed by atoms with van der Waals surface area (Å²) in [4.78, 5) is 23.9. The van der Waals surface area contributed by atoms with Crippen LogP contribution in [0.5, 0.6) is 0 Å². The number of imidazole rings is 1. The number of nitrogens with zero attached hydrogens (tertiary/aromatic N) is 4. The number of hydrazine groups is 1. The van der Waals surface area contributed by atoms with Gasteiger partial charge in [-0.05, 0) is 24.3 Å². The molecule has 0 spiro atoms. The van der Waals surface area contributed by atoms with Crippen molar-refractivity contribution in [3.63, 3.8) is 0 Å². The first kappa shape index (κ1) is 14.4. The number of benzene rings is 1. The summed E-state index contributed by atoms with van der Waals surface area (Å²) >= 11 is 0. The molecule has 0 aliphatic carbocycles. The monoisotopic (exact) mass is 313 g/mol. The van der Waals surface area contributed by atoms with Crippen molar-refractivity contribution in [2.45, 2.75) is 0 Å². The second-order valence-electron chi connectivity index (χ2n) is 4.52. The zero-order valence-corrected chi connectivity index (χ0v) is 11.8. The van der Waals surface area contributed by atoms with E-state index in [9.17, 15) is 9.18 Å². The lowest BCUT2D eigenvalue weighted by atomic mass is 10.2. The van der Waals surface area contributed by atoms with Crippen LogP contribution < -0.4 is 16.6 Å². The Bertz CT molecular complexity index is 818. The van der Waals surface area contributed by atoms with Crippen molar-refractivity contribution in [1.82, 2.24) is 24.9 Å². The van der Waals surface area contributed by atoms with E-state index in [0.29, 0.717) is 11.4 Å². The van der Waals surface area contributed by atoms with E-state index in [2.05, 4.69) is 25.8 Å². The molecule has 2 heterocycles. The molecule has 23 heavy (non-hydrogen) atoms. The van der Waals surface area contributed by atoms with E-state index in [0.717, 1.165) is 0 Å². The zero-order chi connectivity index (χ0) is 16.2. The molecule has 3 rings (SSSR count). The first-order chi connectivity index (χ1) is 11.1. The van der Waals surface area contributed by atoms with E-state index in [1.54, 1.807) is 23.3 Å². The highest BCUT2D eigenvalue weighted by Gasteiger charge is 2.11. The summed E-state index contributed by atoms with van der Waals surface area (Å²) in [5.74, 6) is -0.207. The maximum absolute atomic E-state index is 12.8. The Labute approximate surface area is 130 Å². The van der Waals surface area contributed by atoms with Gasteiger partial charge in [-0.25, -0.2) is 19.3 Å². The van der Waals surface area contributed by atoms with Crippen LogP contribution in [0, 0.1) is 5.82 Å². The third kappa shape index (κ3) is 3.07.